The Kier molecular flexibility index (Phi) is 4.65. The quantitative estimate of drug-likeness (QED) is 0.939. The highest BCUT2D eigenvalue weighted by molar-refractivity contribution is 5.97. The highest BCUT2D eigenvalue weighted by Crippen LogP contribution is 2.22. The predicted octanol–water partition coefficient (Wildman–Crippen LogP) is 3.29. The van der Waals surface area contributed by atoms with E-state index in [1.165, 1.54) is 5.56 Å². The number of anilines is 1. The molecule has 4 heteroatoms. The van der Waals surface area contributed by atoms with E-state index >= 15 is 0 Å². The first-order valence-electron chi connectivity index (χ1n) is 8.23. The first kappa shape index (κ1) is 16.2. The molecule has 0 aromatic heterocycles. The third-order valence-electron chi connectivity index (χ3n) is 4.58. The van der Waals surface area contributed by atoms with Crippen LogP contribution in [0.25, 0.3) is 0 Å². The van der Waals surface area contributed by atoms with Crippen LogP contribution in [-0.2, 0) is 16.1 Å². The second-order valence-electron chi connectivity index (χ2n) is 6.45. The zero-order valence-corrected chi connectivity index (χ0v) is 14.1. The van der Waals surface area contributed by atoms with Crippen LogP contribution in [0.15, 0.2) is 48.5 Å². The Morgan fingerprint density at radius 1 is 1.12 bits per heavy atom. The summed E-state index contributed by atoms with van der Waals surface area (Å²) in [5.41, 5.74) is 4.21. The van der Waals surface area contributed by atoms with Gasteiger partial charge in [-0.25, -0.2) is 0 Å². The number of likely N-dealkylation sites (tertiary alicyclic amines) is 1. The maximum absolute atomic E-state index is 12.5. The van der Waals surface area contributed by atoms with Crippen molar-refractivity contribution in [2.75, 3.05) is 11.9 Å². The van der Waals surface area contributed by atoms with Gasteiger partial charge < -0.3 is 10.2 Å². The van der Waals surface area contributed by atoms with Gasteiger partial charge in [0.15, 0.2) is 0 Å². The van der Waals surface area contributed by atoms with Gasteiger partial charge in [0.25, 0.3) is 0 Å². The summed E-state index contributed by atoms with van der Waals surface area (Å²) < 4.78 is 0. The van der Waals surface area contributed by atoms with Gasteiger partial charge in [0, 0.05) is 25.2 Å². The Balaban J connectivity index is 1.62. The number of carbonyl (C=O) groups is 2. The average Bonchev–Trinajstić information content (AvgIpc) is 2.93. The van der Waals surface area contributed by atoms with Crippen molar-refractivity contribution >= 4 is 17.5 Å². The lowest BCUT2D eigenvalue weighted by atomic mass is 10.1. The Morgan fingerprint density at radius 3 is 2.58 bits per heavy atom. The SMILES string of the molecule is Cc1ccc(NC(=O)C2CC(=O)N(Cc3ccccc3)C2)cc1C. The molecule has 1 aliphatic heterocycles. The molecule has 1 unspecified atom stereocenters. The monoisotopic (exact) mass is 322 g/mol. The molecule has 2 aromatic carbocycles. The second kappa shape index (κ2) is 6.87. The van der Waals surface area contributed by atoms with Crippen LogP contribution in [0.1, 0.15) is 23.1 Å². The van der Waals surface area contributed by atoms with Crippen molar-refractivity contribution in [3.63, 3.8) is 0 Å². The van der Waals surface area contributed by atoms with Crippen molar-refractivity contribution in [2.45, 2.75) is 26.8 Å². The van der Waals surface area contributed by atoms with Gasteiger partial charge >= 0.3 is 0 Å². The number of hydrogen-bond acceptors (Lipinski definition) is 2. The lowest BCUT2D eigenvalue weighted by molar-refractivity contribution is -0.128. The van der Waals surface area contributed by atoms with Crippen LogP contribution in [0.4, 0.5) is 5.69 Å². The van der Waals surface area contributed by atoms with Crippen molar-refractivity contribution < 1.29 is 9.59 Å². The number of amides is 2. The molecule has 24 heavy (non-hydrogen) atoms. The van der Waals surface area contributed by atoms with Gasteiger partial charge in [0.05, 0.1) is 5.92 Å². The molecule has 4 nitrogen and oxygen atoms in total. The van der Waals surface area contributed by atoms with E-state index in [1.54, 1.807) is 4.90 Å². The number of hydrogen-bond donors (Lipinski definition) is 1. The molecule has 0 bridgehead atoms. The second-order valence-corrected chi connectivity index (χ2v) is 6.45. The number of carbonyl (C=O) groups excluding carboxylic acids is 2. The fourth-order valence-corrected chi connectivity index (χ4v) is 2.97. The van der Waals surface area contributed by atoms with E-state index in [0.717, 1.165) is 16.8 Å². The molecule has 124 valence electrons. The molecular weight excluding hydrogens is 300 g/mol. The van der Waals surface area contributed by atoms with E-state index in [-0.39, 0.29) is 24.2 Å². The Labute approximate surface area is 142 Å². The van der Waals surface area contributed by atoms with Crippen molar-refractivity contribution in [1.29, 1.82) is 0 Å². The van der Waals surface area contributed by atoms with E-state index in [9.17, 15) is 9.59 Å². The summed E-state index contributed by atoms with van der Waals surface area (Å²) in [5.74, 6) is -0.330. The zero-order valence-electron chi connectivity index (χ0n) is 14.1. The number of benzene rings is 2. The van der Waals surface area contributed by atoms with Crippen molar-refractivity contribution in [3.8, 4) is 0 Å². The van der Waals surface area contributed by atoms with Crippen LogP contribution in [0, 0.1) is 19.8 Å². The van der Waals surface area contributed by atoms with E-state index < -0.39 is 0 Å². The van der Waals surface area contributed by atoms with Crippen LogP contribution in [0.2, 0.25) is 0 Å². The summed E-state index contributed by atoms with van der Waals surface area (Å²) in [5, 5.41) is 2.94. The Hall–Kier alpha value is -2.62. The Bertz CT molecular complexity index is 755. The standard InChI is InChI=1S/C20H22N2O2/c1-14-8-9-18(10-15(14)2)21-20(24)17-11-19(23)22(13-17)12-16-6-4-3-5-7-16/h3-10,17H,11-13H2,1-2H3,(H,21,24). The van der Waals surface area contributed by atoms with Gasteiger partial charge in [-0.05, 0) is 42.7 Å². The highest BCUT2D eigenvalue weighted by Gasteiger charge is 2.34. The molecule has 0 saturated carbocycles. The third-order valence-corrected chi connectivity index (χ3v) is 4.58. The topological polar surface area (TPSA) is 49.4 Å². The lowest BCUT2D eigenvalue weighted by Crippen LogP contribution is -2.28. The lowest BCUT2D eigenvalue weighted by Gasteiger charge is -2.17. The zero-order chi connectivity index (χ0) is 17.1. The van der Waals surface area contributed by atoms with Crippen LogP contribution in [0.5, 0.6) is 0 Å². The molecule has 1 atom stereocenters. The molecule has 1 saturated heterocycles. The average molecular weight is 322 g/mol. The molecule has 1 heterocycles. The molecular formula is C20H22N2O2. The van der Waals surface area contributed by atoms with Crippen LogP contribution in [-0.4, -0.2) is 23.3 Å². The van der Waals surface area contributed by atoms with Crippen LogP contribution in [0.3, 0.4) is 0 Å². The first-order valence-corrected chi connectivity index (χ1v) is 8.23. The minimum absolute atomic E-state index is 0.0408. The number of nitrogens with zero attached hydrogens (tertiary/aromatic N) is 1. The molecule has 0 spiro atoms. The third kappa shape index (κ3) is 3.65. The molecule has 0 aliphatic carbocycles. The molecule has 2 amide bonds. The maximum Gasteiger partial charge on any atom is 0.229 e. The number of aryl methyl sites for hydroxylation is 2. The number of nitrogens with one attached hydrogen (secondary N) is 1. The summed E-state index contributed by atoms with van der Waals surface area (Å²) in [6.07, 6.45) is 0.281. The first-order chi connectivity index (χ1) is 11.5. The van der Waals surface area contributed by atoms with E-state index in [0.29, 0.717) is 13.1 Å². The van der Waals surface area contributed by atoms with Crippen molar-refractivity contribution in [2.24, 2.45) is 5.92 Å². The normalized spacial score (nSPS) is 17.2. The van der Waals surface area contributed by atoms with Crippen molar-refractivity contribution in [3.05, 3.63) is 65.2 Å². The molecule has 1 aliphatic rings. The summed E-state index contributed by atoms with van der Waals surface area (Å²) in [6.45, 7) is 5.10. The van der Waals surface area contributed by atoms with Gasteiger partial charge in [0.2, 0.25) is 11.8 Å². The highest BCUT2D eigenvalue weighted by atomic mass is 16.2. The van der Waals surface area contributed by atoms with E-state index in [1.807, 2.05) is 62.4 Å². The molecule has 1 fully saturated rings. The predicted molar refractivity (Wildman–Crippen MR) is 94.5 cm³/mol. The number of rotatable bonds is 4. The fourth-order valence-electron chi connectivity index (χ4n) is 2.97. The van der Waals surface area contributed by atoms with Crippen molar-refractivity contribution in [1.82, 2.24) is 4.90 Å². The molecule has 0 radical (unpaired) electrons. The summed E-state index contributed by atoms with van der Waals surface area (Å²) in [4.78, 5) is 26.4. The summed E-state index contributed by atoms with van der Waals surface area (Å²) in [6, 6.07) is 15.7. The summed E-state index contributed by atoms with van der Waals surface area (Å²) >= 11 is 0. The van der Waals surface area contributed by atoms with E-state index in [2.05, 4.69) is 5.32 Å². The maximum atomic E-state index is 12.5. The minimum Gasteiger partial charge on any atom is -0.338 e. The summed E-state index contributed by atoms with van der Waals surface area (Å²) in [7, 11) is 0. The Morgan fingerprint density at radius 2 is 1.88 bits per heavy atom. The molecule has 2 aromatic rings. The smallest absolute Gasteiger partial charge is 0.229 e. The van der Waals surface area contributed by atoms with Gasteiger partial charge in [-0.15, -0.1) is 0 Å². The van der Waals surface area contributed by atoms with Gasteiger partial charge in [-0.1, -0.05) is 36.4 Å². The fraction of sp³-hybridized carbons (Fsp3) is 0.300. The largest absolute Gasteiger partial charge is 0.338 e. The van der Waals surface area contributed by atoms with Gasteiger partial charge in [0.1, 0.15) is 0 Å². The van der Waals surface area contributed by atoms with Crippen LogP contribution < -0.4 is 5.32 Å². The molecule has 1 N–H and O–H groups in total. The van der Waals surface area contributed by atoms with E-state index in [4.69, 9.17) is 0 Å². The minimum atomic E-state index is -0.289. The molecule has 3 rings (SSSR count). The van der Waals surface area contributed by atoms with Crippen LogP contribution >= 0.6 is 0 Å². The van der Waals surface area contributed by atoms with Gasteiger partial charge in [-0.2, -0.15) is 0 Å². The van der Waals surface area contributed by atoms with Gasteiger partial charge in [-0.3, -0.25) is 9.59 Å².